The molecule has 0 aliphatic carbocycles. The zero-order chi connectivity index (χ0) is 22.8. The second kappa shape index (κ2) is 13.0. The second-order valence-electron chi connectivity index (χ2n) is 9.34. The molecule has 1 fully saturated rings. The number of nitrogens with one attached hydrogen (secondary N) is 1. The predicted octanol–water partition coefficient (Wildman–Crippen LogP) is 4.46. The van der Waals surface area contributed by atoms with Gasteiger partial charge in [-0.25, -0.2) is 0 Å². The number of aliphatic hydroxyl groups excluding tert-OH is 1. The Hall–Kier alpha value is -1.79. The number of ether oxygens (including phenoxy) is 2. The molecule has 6 nitrogen and oxygen atoms in total. The molecule has 2 N–H and O–H groups in total. The Morgan fingerprint density at radius 3 is 2.53 bits per heavy atom. The van der Waals surface area contributed by atoms with Gasteiger partial charge in [0.05, 0.1) is 6.04 Å². The van der Waals surface area contributed by atoms with Crippen molar-refractivity contribution >= 4 is 5.91 Å². The summed E-state index contributed by atoms with van der Waals surface area (Å²) in [6.45, 7) is 8.21. The molecule has 2 heterocycles. The van der Waals surface area contributed by atoms with Crippen molar-refractivity contribution in [1.29, 1.82) is 0 Å². The molecular weight excluding hydrogens is 404 g/mol. The van der Waals surface area contributed by atoms with E-state index in [1.54, 1.807) is 0 Å². The van der Waals surface area contributed by atoms with Crippen molar-refractivity contribution in [2.24, 2.45) is 5.92 Å². The fraction of sp³-hybridized carbons (Fsp3) is 0.731. The van der Waals surface area contributed by atoms with Gasteiger partial charge in [-0.2, -0.15) is 0 Å². The van der Waals surface area contributed by atoms with Gasteiger partial charge in [-0.1, -0.05) is 52.0 Å². The van der Waals surface area contributed by atoms with Crippen LogP contribution in [0.3, 0.4) is 0 Å². The molecule has 3 rings (SSSR count). The van der Waals surface area contributed by atoms with Crippen LogP contribution >= 0.6 is 0 Å². The fourth-order valence-corrected chi connectivity index (χ4v) is 4.72. The zero-order valence-corrected chi connectivity index (χ0v) is 20.0. The molecule has 2 unspecified atom stereocenters. The van der Waals surface area contributed by atoms with Crippen molar-refractivity contribution in [1.82, 2.24) is 10.2 Å². The molecule has 2 atom stereocenters. The summed E-state index contributed by atoms with van der Waals surface area (Å²) in [5.41, 5.74) is 0.755. The van der Waals surface area contributed by atoms with Crippen molar-refractivity contribution < 1.29 is 19.4 Å². The molecule has 1 saturated heterocycles. The summed E-state index contributed by atoms with van der Waals surface area (Å²) < 4.78 is 11.3. The number of carbonyl (C=O) groups excluding carboxylic acids is 1. The third-order valence-electron chi connectivity index (χ3n) is 6.88. The average molecular weight is 447 g/mol. The number of unbranched alkanes of at least 4 members (excludes halogenated alkanes) is 4. The van der Waals surface area contributed by atoms with E-state index in [1.807, 2.05) is 18.2 Å². The highest BCUT2D eigenvalue weighted by Crippen LogP contribution is 2.33. The first-order valence-electron chi connectivity index (χ1n) is 12.7. The minimum atomic E-state index is -0.793. The number of fused-ring (bicyclic) bond motifs is 1. The molecule has 0 spiro atoms. The van der Waals surface area contributed by atoms with Gasteiger partial charge >= 0.3 is 0 Å². The van der Waals surface area contributed by atoms with Crippen LogP contribution in [0.5, 0.6) is 11.5 Å². The molecule has 32 heavy (non-hydrogen) atoms. The number of piperidine rings is 1. The summed E-state index contributed by atoms with van der Waals surface area (Å²) in [6.07, 6.45) is 8.92. The van der Waals surface area contributed by atoms with E-state index in [-0.39, 0.29) is 11.9 Å². The maximum atomic E-state index is 12.7. The van der Waals surface area contributed by atoms with Gasteiger partial charge in [0, 0.05) is 13.0 Å². The van der Waals surface area contributed by atoms with E-state index < -0.39 is 6.10 Å². The van der Waals surface area contributed by atoms with Crippen LogP contribution in [0.15, 0.2) is 18.2 Å². The van der Waals surface area contributed by atoms with Gasteiger partial charge in [0.25, 0.3) is 0 Å². The van der Waals surface area contributed by atoms with Crippen LogP contribution in [-0.4, -0.2) is 54.8 Å². The lowest BCUT2D eigenvalue weighted by Gasteiger charge is -2.36. The lowest BCUT2D eigenvalue weighted by Crippen LogP contribution is -2.49. The molecule has 1 amide bonds. The zero-order valence-electron chi connectivity index (χ0n) is 20.0. The number of likely N-dealkylation sites (tertiary alicyclic amines) is 1. The molecule has 0 aromatic heterocycles. The average Bonchev–Trinajstić information content (AvgIpc) is 2.83. The molecule has 1 aromatic carbocycles. The van der Waals surface area contributed by atoms with Gasteiger partial charge in [-0.05, 0) is 56.0 Å². The van der Waals surface area contributed by atoms with E-state index in [4.69, 9.17) is 9.47 Å². The highest BCUT2D eigenvalue weighted by molar-refractivity contribution is 5.76. The highest BCUT2D eigenvalue weighted by Gasteiger charge is 2.28. The van der Waals surface area contributed by atoms with E-state index in [0.29, 0.717) is 37.7 Å². The molecule has 6 heteroatoms. The Morgan fingerprint density at radius 2 is 1.81 bits per heavy atom. The molecule has 0 bridgehead atoms. The summed E-state index contributed by atoms with van der Waals surface area (Å²) in [6, 6.07) is 5.24. The smallest absolute Gasteiger partial charge is 0.220 e. The number of hydrogen-bond acceptors (Lipinski definition) is 5. The SMILES string of the molecule is CCCCCCCC(=O)NC(CN1CCC(CC)CC1)C(O)c1ccc2c(c1)OCCO2. The van der Waals surface area contributed by atoms with Crippen molar-refractivity contribution in [3.8, 4) is 11.5 Å². The van der Waals surface area contributed by atoms with Crippen molar-refractivity contribution in [2.75, 3.05) is 32.8 Å². The van der Waals surface area contributed by atoms with E-state index >= 15 is 0 Å². The van der Waals surface area contributed by atoms with Gasteiger partial charge in [0.1, 0.15) is 19.3 Å². The number of carbonyl (C=O) groups is 1. The number of hydrogen-bond donors (Lipinski definition) is 2. The normalized spacial score (nSPS) is 18.8. The molecule has 0 radical (unpaired) electrons. The number of rotatable bonds is 12. The Bertz CT molecular complexity index is 703. The quantitative estimate of drug-likeness (QED) is 0.464. The Kier molecular flexibility index (Phi) is 10.1. The summed E-state index contributed by atoms with van der Waals surface area (Å²) in [7, 11) is 0. The maximum absolute atomic E-state index is 12.7. The minimum Gasteiger partial charge on any atom is -0.486 e. The summed E-state index contributed by atoms with van der Waals surface area (Å²) >= 11 is 0. The van der Waals surface area contributed by atoms with Crippen molar-refractivity contribution in [3.63, 3.8) is 0 Å². The van der Waals surface area contributed by atoms with Crippen LogP contribution in [-0.2, 0) is 4.79 Å². The lowest BCUT2D eigenvalue weighted by atomic mass is 9.93. The van der Waals surface area contributed by atoms with Gasteiger partial charge in [0.15, 0.2) is 11.5 Å². The van der Waals surface area contributed by atoms with Crippen molar-refractivity contribution in [2.45, 2.75) is 83.8 Å². The number of benzene rings is 1. The molecular formula is C26H42N2O4. The fourth-order valence-electron chi connectivity index (χ4n) is 4.72. The Labute approximate surface area is 193 Å². The third-order valence-corrected chi connectivity index (χ3v) is 6.88. The van der Waals surface area contributed by atoms with E-state index in [0.717, 1.165) is 37.4 Å². The third kappa shape index (κ3) is 7.38. The van der Waals surface area contributed by atoms with Gasteiger partial charge in [-0.15, -0.1) is 0 Å². The number of nitrogens with zero attached hydrogens (tertiary/aromatic N) is 1. The van der Waals surface area contributed by atoms with Crippen LogP contribution in [0, 0.1) is 5.92 Å². The topological polar surface area (TPSA) is 71.0 Å². The van der Waals surface area contributed by atoms with E-state index in [2.05, 4.69) is 24.1 Å². The number of aliphatic hydroxyl groups is 1. The molecule has 1 aromatic rings. The summed E-state index contributed by atoms with van der Waals surface area (Å²) in [5.74, 6) is 2.20. The Balaban J connectivity index is 1.63. The molecule has 2 aliphatic heterocycles. The lowest BCUT2D eigenvalue weighted by molar-refractivity contribution is -0.123. The number of amides is 1. The van der Waals surface area contributed by atoms with Crippen LogP contribution in [0.4, 0.5) is 0 Å². The van der Waals surface area contributed by atoms with E-state index in [9.17, 15) is 9.90 Å². The predicted molar refractivity (Wildman–Crippen MR) is 127 cm³/mol. The van der Waals surface area contributed by atoms with Gasteiger partial charge < -0.3 is 24.8 Å². The summed E-state index contributed by atoms with van der Waals surface area (Å²) in [5, 5.41) is 14.4. The Morgan fingerprint density at radius 1 is 1.09 bits per heavy atom. The van der Waals surface area contributed by atoms with E-state index in [1.165, 1.54) is 38.5 Å². The second-order valence-corrected chi connectivity index (χ2v) is 9.34. The minimum absolute atomic E-state index is 0.0338. The van der Waals surface area contributed by atoms with Crippen LogP contribution in [0.1, 0.15) is 83.3 Å². The monoisotopic (exact) mass is 446 g/mol. The standard InChI is InChI=1S/C26H42N2O4/c1-3-5-6-7-8-9-25(29)27-22(19-28-14-12-20(4-2)13-15-28)26(30)21-10-11-23-24(18-21)32-17-16-31-23/h10-11,18,20,22,26,30H,3-9,12-17,19H2,1-2H3,(H,27,29). The highest BCUT2D eigenvalue weighted by atomic mass is 16.6. The molecule has 0 saturated carbocycles. The largest absolute Gasteiger partial charge is 0.486 e. The van der Waals surface area contributed by atoms with Crippen molar-refractivity contribution in [3.05, 3.63) is 23.8 Å². The first-order chi connectivity index (χ1) is 15.6. The first kappa shape index (κ1) is 24.8. The molecule has 180 valence electrons. The summed E-state index contributed by atoms with van der Waals surface area (Å²) in [4.78, 5) is 15.1. The van der Waals surface area contributed by atoms with Gasteiger partial charge in [0.2, 0.25) is 5.91 Å². The molecule has 2 aliphatic rings. The first-order valence-corrected chi connectivity index (χ1v) is 12.7. The van der Waals surface area contributed by atoms with Crippen LogP contribution in [0.25, 0.3) is 0 Å². The maximum Gasteiger partial charge on any atom is 0.220 e. The van der Waals surface area contributed by atoms with Crippen LogP contribution in [0.2, 0.25) is 0 Å². The van der Waals surface area contributed by atoms with Gasteiger partial charge in [-0.3, -0.25) is 4.79 Å². The van der Waals surface area contributed by atoms with Crippen LogP contribution < -0.4 is 14.8 Å².